The van der Waals surface area contributed by atoms with Crippen LogP contribution < -0.4 is 5.73 Å². The molecule has 54 valence electrons. The van der Waals surface area contributed by atoms with E-state index in [2.05, 4.69) is 0 Å². The number of hydrogen-bond acceptors (Lipinski definition) is 1. The summed E-state index contributed by atoms with van der Waals surface area (Å²) in [7, 11) is 0. The minimum Gasteiger partial charge on any atom is -0.368 e. The number of hydrogen-bond donors (Lipinski definition) is 1. The van der Waals surface area contributed by atoms with Gasteiger partial charge in [-0.25, -0.2) is 0 Å². The van der Waals surface area contributed by atoms with Gasteiger partial charge in [0.25, 0.3) is 0 Å². The van der Waals surface area contributed by atoms with Gasteiger partial charge in [0.15, 0.2) is 0 Å². The van der Waals surface area contributed by atoms with Crippen molar-refractivity contribution in [2.45, 2.75) is 10.8 Å². The van der Waals surface area contributed by atoms with E-state index < -0.39 is 16.7 Å². The first-order valence-corrected chi connectivity index (χ1v) is 3.63. The Morgan fingerprint density at radius 1 is 1.56 bits per heavy atom. The minimum absolute atomic E-state index is 0.124. The maximum absolute atomic E-state index is 10.2. The van der Waals surface area contributed by atoms with E-state index in [0.29, 0.717) is 0 Å². The molecule has 2 atom stereocenters. The van der Waals surface area contributed by atoms with E-state index >= 15 is 0 Å². The van der Waals surface area contributed by atoms with Crippen LogP contribution in [-0.2, 0) is 4.79 Å². The third kappa shape index (κ3) is 3.14. The van der Waals surface area contributed by atoms with Gasteiger partial charge in [0, 0.05) is 5.88 Å². The number of carbonyl (C=O) groups is 1. The molecule has 0 radical (unpaired) electrons. The molecule has 2 nitrogen and oxygen atoms in total. The summed E-state index contributed by atoms with van der Waals surface area (Å²) < 4.78 is 0. The van der Waals surface area contributed by atoms with Crippen LogP contribution in [0.15, 0.2) is 0 Å². The number of halogens is 3. The quantitative estimate of drug-likeness (QED) is 0.661. The van der Waals surface area contributed by atoms with Gasteiger partial charge >= 0.3 is 0 Å². The highest BCUT2D eigenvalue weighted by molar-refractivity contribution is 6.39. The molecule has 0 aromatic carbocycles. The Balaban J connectivity index is 3.72. The lowest BCUT2D eigenvalue weighted by Crippen LogP contribution is -2.32. The number of nitrogens with two attached hydrogens (primary N) is 1. The molecule has 0 saturated heterocycles. The number of carbonyl (C=O) groups excluding carboxylic acids is 1. The Kier molecular flexibility index (Phi) is 4.36. The fourth-order valence-corrected chi connectivity index (χ4v) is 0.739. The molecule has 0 bridgehead atoms. The minimum atomic E-state index is -0.871. The second kappa shape index (κ2) is 4.20. The number of amides is 1. The first-order chi connectivity index (χ1) is 4.09. The zero-order valence-corrected chi connectivity index (χ0v) is 6.75. The molecule has 0 saturated carbocycles. The summed E-state index contributed by atoms with van der Waals surface area (Å²) in [5.74, 6) is -0.518. The lowest BCUT2D eigenvalue weighted by atomic mass is 10.3. The summed E-state index contributed by atoms with van der Waals surface area (Å²) in [5.41, 5.74) is 4.80. The van der Waals surface area contributed by atoms with Gasteiger partial charge in [-0.1, -0.05) is 0 Å². The summed E-state index contributed by atoms with van der Waals surface area (Å²) in [6.07, 6.45) is 0. The average molecular weight is 190 g/mol. The van der Waals surface area contributed by atoms with Crippen molar-refractivity contribution >= 4 is 40.7 Å². The molecular formula is C4H6Cl3NO. The molecular weight excluding hydrogens is 184 g/mol. The van der Waals surface area contributed by atoms with Crippen LogP contribution in [0, 0.1) is 0 Å². The normalized spacial score (nSPS) is 16.8. The second-order valence-corrected chi connectivity index (χ2v) is 2.81. The number of alkyl halides is 3. The zero-order chi connectivity index (χ0) is 7.44. The maximum atomic E-state index is 10.2. The molecule has 0 aromatic rings. The molecule has 0 aromatic heterocycles. The van der Waals surface area contributed by atoms with Crippen LogP contribution in [-0.4, -0.2) is 22.5 Å². The van der Waals surface area contributed by atoms with E-state index in [1.165, 1.54) is 0 Å². The van der Waals surface area contributed by atoms with Crippen LogP contribution in [0.2, 0.25) is 0 Å². The Labute approximate surface area is 68.2 Å². The van der Waals surface area contributed by atoms with Gasteiger partial charge in [-0.3, -0.25) is 4.79 Å². The smallest absolute Gasteiger partial charge is 0.237 e. The largest absolute Gasteiger partial charge is 0.368 e. The third-order valence-corrected chi connectivity index (χ3v) is 2.28. The Morgan fingerprint density at radius 2 is 2.00 bits per heavy atom. The van der Waals surface area contributed by atoms with Crippen LogP contribution >= 0.6 is 34.8 Å². The molecule has 0 heterocycles. The first-order valence-electron chi connectivity index (χ1n) is 2.23. The SMILES string of the molecule is NC(=O)[C@H](Cl)[C@H](Cl)CCl. The number of rotatable bonds is 3. The lowest BCUT2D eigenvalue weighted by molar-refractivity contribution is -0.117. The van der Waals surface area contributed by atoms with E-state index in [4.69, 9.17) is 40.5 Å². The molecule has 0 aliphatic rings. The van der Waals surface area contributed by atoms with Crippen LogP contribution in [0.4, 0.5) is 0 Å². The highest BCUT2D eigenvalue weighted by atomic mass is 35.5. The van der Waals surface area contributed by atoms with Crippen molar-refractivity contribution in [3.63, 3.8) is 0 Å². The average Bonchev–Trinajstić information content (AvgIpc) is 1.84. The highest BCUT2D eigenvalue weighted by Crippen LogP contribution is 2.10. The van der Waals surface area contributed by atoms with E-state index in [0.717, 1.165) is 0 Å². The predicted octanol–water partition coefficient (Wildman–Crippen LogP) is 0.925. The van der Waals surface area contributed by atoms with E-state index in [-0.39, 0.29) is 5.88 Å². The monoisotopic (exact) mass is 189 g/mol. The fraction of sp³-hybridized carbons (Fsp3) is 0.750. The lowest BCUT2D eigenvalue weighted by Gasteiger charge is -2.07. The van der Waals surface area contributed by atoms with Crippen LogP contribution in [0.25, 0.3) is 0 Å². The summed E-state index contributed by atoms with van der Waals surface area (Å²) in [4.78, 5) is 10.2. The van der Waals surface area contributed by atoms with Crippen molar-refractivity contribution in [3.05, 3.63) is 0 Å². The van der Waals surface area contributed by atoms with Gasteiger partial charge in [0.1, 0.15) is 5.38 Å². The molecule has 0 fully saturated rings. The van der Waals surface area contributed by atoms with Gasteiger partial charge < -0.3 is 5.73 Å². The molecule has 2 N–H and O–H groups in total. The van der Waals surface area contributed by atoms with Crippen LogP contribution in [0.1, 0.15) is 0 Å². The van der Waals surface area contributed by atoms with Crippen LogP contribution in [0.3, 0.4) is 0 Å². The van der Waals surface area contributed by atoms with Crippen molar-refractivity contribution in [1.82, 2.24) is 0 Å². The fourth-order valence-electron chi connectivity index (χ4n) is 0.256. The maximum Gasteiger partial charge on any atom is 0.237 e. The molecule has 5 heteroatoms. The summed E-state index contributed by atoms with van der Waals surface area (Å²) in [6.45, 7) is 0. The number of primary amides is 1. The topological polar surface area (TPSA) is 43.1 Å². The Morgan fingerprint density at radius 3 is 2.11 bits per heavy atom. The van der Waals surface area contributed by atoms with Crippen molar-refractivity contribution in [1.29, 1.82) is 0 Å². The molecule has 0 aliphatic heterocycles. The second-order valence-electron chi connectivity index (χ2n) is 1.47. The van der Waals surface area contributed by atoms with Gasteiger partial charge in [0.2, 0.25) is 5.91 Å². The van der Waals surface area contributed by atoms with Gasteiger partial charge in [-0.15, -0.1) is 34.8 Å². The molecule has 0 unspecified atom stereocenters. The molecule has 1 amide bonds. The van der Waals surface area contributed by atoms with Gasteiger partial charge in [-0.05, 0) is 0 Å². The van der Waals surface area contributed by atoms with Crippen molar-refractivity contribution in [3.8, 4) is 0 Å². The van der Waals surface area contributed by atoms with E-state index in [1.807, 2.05) is 0 Å². The van der Waals surface area contributed by atoms with Crippen LogP contribution in [0.5, 0.6) is 0 Å². The molecule has 0 spiro atoms. The van der Waals surface area contributed by atoms with Crippen molar-refractivity contribution in [2.24, 2.45) is 5.73 Å². The van der Waals surface area contributed by atoms with Gasteiger partial charge in [-0.2, -0.15) is 0 Å². The van der Waals surface area contributed by atoms with Crippen molar-refractivity contribution < 1.29 is 4.79 Å². The highest BCUT2D eigenvalue weighted by Gasteiger charge is 2.20. The predicted molar refractivity (Wildman–Crippen MR) is 39.2 cm³/mol. The summed E-state index contributed by atoms with van der Waals surface area (Å²) in [5, 5.41) is -1.45. The Hall–Kier alpha value is 0.340. The molecule has 0 rings (SSSR count). The van der Waals surface area contributed by atoms with E-state index in [9.17, 15) is 4.79 Å². The van der Waals surface area contributed by atoms with Gasteiger partial charge in [0.05, 0.1) is 5.38 Å². The third-order valence-electron chi connectivity index (χ3n) is 0.737. The molecule has 0 aliphatic carbocycles. The van der Waals surface area contributed by atoms with E-state index in [1.54, 1.807) is 0 Å². The molecule has 9 heavy (non-hydrogen) atoms. The van der Waals surface area contributed by atoms with Crippen molar-refractivity contribution in [2.75, 3.05) is 5.88 Å². The summed E-state index contributed by atoms with van der Waals surface area (Å²) in [6, 6.07) is 0. The zero-order valence-electron chi connectivity index (χ0n) is 4.48. The summed E-state index contributed by atoms with van der Waals surface area (Å²) >= 11 is 16.1. The standard InChI is InChI=1S/C4H6Cl3NO/c5-1-2(6)3(7)4(8)9/h2-3H,1H2,(H2,8,9)/t2-,3-/m1/s1. The Bertz CT molecular complexity index is 108. The first kappa shape index (κ1) is 9.34.